The summed E-state index contributed by atoms with van der Waals surface area (Å²) in [6.45, 7) is 1.96. The predicted octanol–water partition coefficient (Wildman–Crippen LogP) is 5.35. The highest BCUT2D eigenvalue weighted by Gasteiger charge is 2.35. The predicted molar refractivity (Wildman–Crippen MR) is 147 cm³/mol. The van der Waals surface area contributed by atoms with Crippen molar-refractivity contribution in [2.75, 3.05) is 6.61 Å². The van der Waals surface area contributed by atoms with E-state index in [1.54, 1.807) is 23.6 Å². The number of esters is 1. The molecule has 0 spiro atoms. The monoisotopic (exact) mass is 578 g/mol. The molecule has 4 aromatic rings. The molecule has 0 saturated heterocycles. The fourth-order valence-electron chi connectivity index (χ4n) is 4.11. The van der Waals surface area contributed by atoms with Crippen LogP contribution in [0.5, 0.6) is 0 Å². The summed E-state index contributed by atoms with van der Waals surface area (Å²) in [6, 6.07) is 23.6. The lowest BCUT2D eigenvalue weighted by Gasteiger charge is -2.25. The molecule has 2 heterocycles. The third-order valence-corrected chi connectivity index (χ3v) is 7.49. The van der Waals surface area contributed by atoms with Gasteiger partial charge < -0.3 is 4.74 Å². The summed E-state index contributed by atoms with van der Waals surface area (Å²) in [5.74, 6) is -0.512. The van der Waals surface area contributed by atoms with Gasteiger partial charge in [-0.05, 0) is 48.4 Å². The highest BCUT2D eigenvalue weighted by molar-refractivity contribution is 9.10. The summed E-state index contributed by atoms with van der Waals surface area (Å²) in [5.41, 5.74) is 2.97. The lowest BCUT2D eigenvalue weighted by atomic mass is 9.93. The first kappa shape index (κ1) is 24.4. The summed E-state index contributed by atoms with van der Waals surface area (Å²) >= 11 is 10.9. The normalized spacial score (nSPS) is 15.4. The fourth-order valence-corrected chi connectivity index (χ4v) is 5.50. The first-order chi connectivity index (χ1) is 17.5. The number of carbonyl (C=O) groups is 1. The third kappa shape index (κ3) is 4.74. The second-order valence-electron chi connectivity index (χ2n) is 8.03. The van der Waals surface area contributed by atoms with Crippen molar-refractivity contribution in [1.29, 1.82) is 0 Å². The Morgan fingerprint density at radius 3 is 2.44 bits per heavy atom. The van der Waals surface area contributed by atoms with Crippen molar-refractivity contribution in [2.45, 2.75) is 13.0 Å². The van der Waals surface area contributed by atoms with E-state index in [1.807, 2.05) is 72.8 Å². The van der Waals surface area contributed by atoms with E-state index >= 15 is 0 Å². The first-order valence-corrected chi connectivity index (χ1v) is 13.2. The standard InChI is InChI=1S/C28H20BrClN2O3S/c1-2-35-27(34)23-24(18-6-4-3-5-7-18)31-28-32(25(23)19-10-14-21(30)15-11-19)26(33)22(36-28)16-17-8-12-20(29)13-9-17/h3-16,25H,2H2,1H3/b22-16-. The number of thiazole rings is 1. The summed E-state index contributed by atoms with van der Waals surface area (Å²) in [5, 5.41) is 0.561. The summed E-state index contributed by atoms with van der Waals surface area (Å²) in [6.07, 6.45) is 1.84. The van der Waals surface area contributed by atoms with Crippen molar-refractivity contribution >= 4 is 56.6 Å². The number of nitrogens with zero attached hydrogens (tertiary/aromatic N) is 2. The summed E-state index contributed by atoms with van der Waals surface area (Å²) < 4.78 is 8.53. The zero-order valence-corrected chi connectivity index (χ0v) is 22.3. The van der Waals surface area contributed by atoms with Crippen molar-refractivity contribution in [3.8, 4) is 0 Å². The zero-order chi connectivity index (χ0) is 25.2. The van der Waals surface area contributed by atoms with Gasteiger partial charge in [0.2, 0.25) is 0 Å². The van der Waals surface area contributed by atoms with Crippen LogP contribution < -0.4 is 14.9 Å². The Bertz CT molecular complexity index is 1640. The van der Waals surface area contributed by atoms with E-state index in [4.69, 9.17) is 21.3 Å². The van der Waals surface area contributed by atoms with Gasteiger partial charge in [0, 0.05) is 15.1 Å². The van der Waals surface area contributed by atoms with E-state index in [1.165, 1.54) is 11.3 Å². The molecule has 3 aromatic carbocycles. The number of hydrogen-bond acceptors (Lipinski definition) is 5. The number of carbonyl (C=O) groups excluding carboxylic acids is 1. The molecule has 180 valence electrons. The molecular weight excluding hydrogens is 560 g/mol. The van der Waals surface area contributed by atoms with Crippen molar-refractivity contribution in [2.24, 2.45) is 4.99 Å². The van der Waals surface area contributed by atoms with Crippen molar-refractivity contribution in [3.05, 3.63) is 130 Å². The molecule has 0 amide bonds. The molecule has 5 rings (SSSR count). The Kier molecular flexibility index (Phi) is 7.05. The molecule has 0 aliphatic carbocycles. The molecule has 0 fully saturated rings. The third-order valence-electron chi connectivity index (χ3n) is 5.73. The molecule has 0 saturated carbocycles. The Balaban J connectivity index is 1.82. The van der Waals surface area contributed by atoms with Crippen LogP contribution in [0.15, 0.2) is 98.7 Å². The minimum Gasteiger partial charge on any atom is -0.463 e. The van der Waals surface area contributed by atoms with Gasteiger partial charge in [0.15, 0.2) is 4.80 Å². The van der Waals surface area contributed by atoms with Gasteiger partial charge >= 0.3 is 5.97 Å². The largest absolute Gasteiger partial charge is 0.463 e. The molecular formula is C28H20BrClN2O3S. The van der Waals surface area contributed by atoms with Crippen molar-refractivity contribution in [3.63, 3.8) is 0 Å². The van der Waals surface area contributed by atoms with Crippen LogP contribution in [-0.4, -0.2) is 17.1 Å². The van der Waals surface area contributed by atoms with Crippen molar-refractivity contribution < 1.29 is 9.53 Å². The van der Waals surface area contributed by atoms with Crippen LogP contribution in [0.1, 0.15) is 29.7 Å². The van der Waals surface area contributed by atoms with E-state index in [9.17, 15) is 9.59 Å². The Morgan fingerprint density at radius 2 is 1.78 bits per heavy atom. The van der Waals surface area contributed by atoms with E-state index < -0.39 is 12.0 Å². The summed E-state index contributed by atoms with van der Waals surface area (Å²) in [4.78, 5) is 32.5. The highest BCUT2D eigenvalue weighted by Crippen LogP contribution is 2.35. The van der Waals surface area contributed by atoms with Crippen LogP contribution in [0.4, 0.5) is 0 Å². The number of hydrogen-bond donors (Lipinski definition) is 0. The average Bonchev–Trinajstić information content (AvgIpc) is 3.20. The van der Waals surface area contributed by atoms with E-state index in [0.29, 0.717) is 25.6 Å². The number of aromatic nitrogens is 1. The van der Waals surface area contributed by atoms with Crippen molar-refractivity contribution in [1.82, 2.24) is 4.57 Å². The van der Waals surface area contributed by atoms with Crippen LogP contribution in [0.2, 0.25) is 5.02 Å². The van der Waals surface area contributed by atoms with Gasteiger partial charge in [-0.15, -0.1) is 0 Å². The molecule has 0 radical (unpaired) electrons. The van der Waals surface area contributed by atoms with Crippen LogP contribution in [-0.2, 0) is 9.53 Å². The second kappa shape index (κ2) is 10.4. The second-order valence-corrected chi connectivity index (χ2v) is 10.4. The minimum atomic E-state index is -0.722. The molecule has 1 aromatic heterocycles. The molecule has 5 nitrogen and oxygen atoms in total. The van der Waals surface area contributed by atoms with Crippen LogP contribution in [0.3, 0.4) is 0 Å². The number of halogens is 2. The van der Waals surface area contributed by atoms with Gasteiger partial charge in [0.05, 0.1) is 28.5 Å². The Morgan fingerprint density at radius 1 is 1.08 bits per heavy atom. The zero-order valence-electron chi connectivity index (χ0n) is 19.2. The van der Waals surface area contributed by atoms with E-state index in [-0.39, 0.29) is 12.2 Å². The van der Waals surface area contributed by atoms with E-state index in [0.717, 1.165) is 21.2 Å². The number of benzene rings is 3. The quantitative estimate of drug-likeness (QED) is 0.300. The Labute approximate surface area is 224 Å². The van der Waals surface area contributed by atoms with Gasteiger partial charge in [-0.1, -0.05) is 93.5 Å². The van der Waals surface area contributed by atoms with Crippen LogP contribution in [0.25, 0.3) is 11.8 Å². The molecule has 1 aliphatic heterocycles. The van der Waals surface area contributed by atoms with Gasteiger partial charge in [-0.25, -0.2) is 9.79 Å². The van der Waals surface area contributed by atoms with Gasteiger partial charge in [-0.3, -0.25) is 9.36 Å². The molecule has 1 atom stereocenters. The van der Waals surface area contributed by atoms with Gasteiger partial charge in [0.25, 0.3) is 5.56 Å². The fraction of sp³-hybridized carbons (Fsp3) is 0.107. The molecule has 8 heteroatoms. The van der Waals surface area contributed by atoms with Gasteiger partial charge in [-0.2, -0.15) is 0 Å². The first-order valence-electron chi connectivity index (χ1n) is 11.3. The molecule has 0 N–H and O–H groups in total. The maximum absolute atomic E-state index is 13.8. The lowest BCUT2D eigenvalue weighted by Crippen LogP contribution is -2.40. The topological polar surface area (TPSA) is 60.7 Å². The molecule has 36 heavy (non-hydrogen) atoms. The average molecular weight is 580 g/mol. The smallest absolute Gasteiger partial charge is 0.338 e. The lowest BCUT2D eigenvalue weighted by molar-refractivity contribution is -0.138. The molecule has 1 aliphatic rings. The minimum absolute atomic E-state index is 0.200. The summed E-state index contributed by atoms with van der Waals surface area (Å²) in [7, 11) is 0. The number of ether oxygens (including phenoxy) is 1. The maximum atomic E-state index is 13.8. The highest BCUT2D eigenvalue weighted by atomic mass is 79.9. The van der Waals surface area contributed by atoms with E-state index in [2.05, 4.69) is 15.9 Å². The molecule has 0 bridgehead atoms. The van der Waals surface area contributed by atoms with Gasteiger partial charge in [0.1, 0.15) is 0 Å². The Hall–Kier alpha value is -3.26. The number of rotatable bonds is 5. The maximum Gasteiger partial charge on any atom is 0.338 e. The SMILES string of the molecule is CCOC(=O)C1=C(c2ccccc2)N=c2s/c(=C\c3ccc(Br)cc3)c(=O)n2C1c1ccc(Cl)cc1. The molecule has 1 unspecified atom stereocenters. The van der Waals surface area contributed by atoms with Crippen LogP contribution in [0, 0.1) is 0 Å². The van der Waals surface area contributed by atoms with Crippen LogP contribution >= 0.6 is 38.9 Å². The number of fused-ring (bicyclic) bond motifs is 1.